The number of benzene rings is 1. The van der Waals surface area contributed by atoms with Gasteiger partial charge in [0.05, 0.1) is 20.3 Å². The Bertz CT molecular complexity index is 401. The van der Waals surface area contributed by atoms with Crippen molar-refractivity contribution in [1.29, 1.82) is 0 Å². The smallest absolute Gasteiger partial charge is 0.0831 e. The topological polar surface area (TPSA) is 9.23 Å². The highest BCUT2D eigenvalue weighted by molar-refractivity contribution is 6.89. The molecule has 0 saturated carbocycles. The Labute approximate surface area is 132 Å². The lowest BCUT2D eigenvalue weighted by Crippen LogP contribution is -2.43. The lowest BCUT2D eigenvalue weighted by molar-refractivity contribution is 0.0489. The number of ether oxygens (including phenoxy) is 1. The van der Waals surface area contributed by atoms with E-state index in [1.807, 2.05) is 0 Å². The zero-order valence-electron chi connectivity index (χ0n) is 14.1. The molecule has 1 aliphatic heterocycles. The van der Waals surface area contributed by atoms with Crippen LogP contribution in [0.25, 0.3) is 0 Å². The lowest BCUT2D eigenvalue weighted by atomic mass is 10.1. The highest BCUT2D eigenvalue weighted by atomic mass is 28.3. The van der Waals surface area contributed by atoms with Crippen LogP contribution in [0.2, 0.25) is 19.1 Å². The third-order valence-electron chi connectivity index (χ3n) is 4.87. The van der Waals surface area contributed by atoms with Gasteiger partial charge < -0.3 is 4.74 Å². The highest BCUT2D eigenvalue weighted by Gasteiger charge is 2.32. The molecule has 0 N–H and O–H groups in total. The van der Waals surface area contributed by atoms with E-state index in [2.05, 4.69) is 50.3 Å². The Morgan fingerprint density at radius 2 is 1.71 bits per heavy atom. The molecule has 1 aliphatic rings. The van der Waals surface area contributed by atoms with Gasteiger partial charge in [-0.3, -0.25) is 0 Å². The minimum atomic E-state index is -1.34. The van der Waals surface area contributed by atoms with E-state index < -0.39 is 8.07 Å². The van der Waals surface area contributed by atoms with Crippen LogP contribution in [0.3, 0.4) is 0 Å². The molecule has 2 heteroatoms. The molecule has 1 nitrogen and oxygen atoms in total. The number of hydrogen-bond donors (Lipinski definition) is 0. The van der Waals surface area contributed by atoms with Crippen LogP contribution in [0.5, 0.6) is 0 Å². The molecule has 0 aromatic heterocycles. The van der Waals surface area contributed by atoms with Crippen molar-refractivity contribution in [3.63, 3.8) is 0 Å². The van der Waals surface area contributed by atoms with Crippen molar-refractivity contribution in [1.82, 2.24) is 0 Å². The maximum absolute atomic E-state index is 6.33. The summed E-state index contributed by atoms with van der Waals surface area (Å²) in [5.74, 6) is 0. The normalized spacial score (nSPS) is 22.6. The van der Waals surface area contributed by atoms with Crippen molar-refractivity contribution in [3.8, 4) is 0 Å². The summed E-state index contributed by atoms with van der Waals surface area (Å²) in [6.07, 6.45) is 10.3. The summed E-state index contributed by atoms with van der Waals surface area (Å²) in [5.41, 5.74) is 0. The summed E-state index contributed by atoms with van der Waals surface area (Å²) in [6.45, 7) is 7.25. The fourth-order valence-corrected chi connectivity index (χ4v) is 6.29. The molecule has 2 atom stereocenters. The molecule has 0 amide bonds. The van der Waals surface area contributed by atoms with Crippen LogP contribution >= 0.6 is 0 Å². The van der Waals surface area contributed by atoms with Gasteiger partial charge in [-0.25, -0.2) is 0 Å². The Morgan fingerprint density at radius 1 is 1.00 bits per heavy atom. The molecule has 0 radical (unpaired) electrons. The van der Waals surface area contributed by atoms with Crippen molar-refractivity contribution in [2.24, 2.45) is 0 Å². The standard InChI is InChI=1S/C19H32OSi/c1-4-5-6-8-11-17-14-15-18(20-17)16-21(2,3)19-12-9-7-10-13-19/h7,9-10,12-13,17-18H,4-6,8,11,14-16H2,1-3H3. The number of hydrogen-bond acceptors (Lipinski definition) is 1. The van der Waals surface area contributed by atoms with Crippen LogP contribution in [0.15, 0.2) is 30.3 Å². The summed E-state index contributed by atoms with van der Waals surface area (Å²) in [7, 11) is -1.34. The molecule has 1 fully saturated rings. The molecule has 1 aromatic rings. The van der Waals surface area contributed by atoms with Crippen LogP contribution in [0, 0.1) is 0 Å². The van der Waals surface area contributed by atoms with Gasteiger partial charge in [-0.2, -0.15) is 0 Å². The summed E-state index contributed by atoms with van der Waals surface area (Å²) in [6, 6.07) is 12.4. The fourth-order valence-electron chi connectivity index (χ4n) is 3.52. The van der Waals surface area contributed by atoms with E-state index in [1.54, 1.807) is 5.19 Å². The second-order valence-corrected chi connectivity index (χ2v) is 12.0. The molecular weight excluding hydrogens is 272 g/mol. The zero-order chi connectivity index (χ0) is 15.1. The van der Waals surface area contributed by atoms with Crippen LogP contribution in [0.4, 0.5) is 0 Å². The first-order valence-corrected chi connectivity index (χ1v) is 12.0. The number of unbranched alkanes of at least 4 members (excludes halogenated alkanes) is 3. The van der Waals surface area contributed by atoms with Crippen molar-refractivity contribution in [3.05, 3.63) is 30.3 Å². The SMILES string of the molecule is CCCCCCC1CCC(C[Si](C)(C)c2ccccc2)O1. The van der Waals surface area contributed by atoms with Crippen molar-refractivity contribution in [2.75, 3.05) is 0 Å². The largest absolute Gasteiger partial charge is 0.375 e. The minimum Gasteiger partial charge on any atom is -0.375 e. The first-order valence-electron chi connectivity index (χ1n) is 8.83. The molecule has 118 valence electrons. The van der Waals surface area contributed by atoms with Crippen molar-refractivity contribution in [2.45, 2.75) is 83.2 Å². The quantitative estimate of drug-likeness (QED) is 0.478. The molecule has 21 heavy (non-hydrogen) atoms. The predicted molar refractivity (Wildman–Crippen MR) is 95.0 cm³/mol. The van der Waals surface area contributed by atoms with Gasteiger partial charge in [0.2, 0.25) is 0 Å². The van der Waals surface area contributed by atoms with E-state index in [1.165, 1.54) is 51.0 Å². The third kappa shape index (κ3) is 5.26. The van der Waals surface area contributed by atoms with Crippen molar-refractivity contribution < 1.29 is 4.74 Å². The molecule has 0 spiro atoms. The summed E-state index contributed by atoms with van der Waals surface area (Å²) >= 11 is 0. The van der Waals surface area contributed by atoms with Crippen molar-refractivity contribution >= 4 is 13.3 Å². The first-order chi connectivity index (χ1) is 10.1. The summed E-state index contributed by atoms with van der Waals surface area (Å²) < 4.78 is 6.33. The maximum atomic E-state index is 6.33. The van der Waals surface area contributed by atoms with Crippen LogP contribution in [-0.4, -0.2) is 20.3 Å². The van der Waals surface area contributed by atoms with Gasteiger partial charge in [0.25, 0.3) is 0 Å². The van der Waals surface area contributed by atoms with E-state index in [4.69, 9.17) is 4.74 Å². The molecule has 2 rings (SSSR count). The van der Waals surface area contributed by atoms with Gasteiger partial charge >= 0.3 is 0 Å². The van der Waals surface area contributed by atoms with E-state index >= 15 is 0 Å². The lowest BCUT2D eigenvalue weighted by Gasteiger charge is -2.26. The van der Waals surface area contributed by atoms with E-state index in [0.717, 1.165) is 0 Å². The molecule has 0 aliphatic carbocycles. The van der Waals surface area contributed by atoms with E-state index in [-0.39, 0.29) is 0 Å². The van der Waals surface area contributed by atoms with Gasteiger partial charge in [-0.05, 0) is 25.3 Å². The Hall–Kier alpha value is -0.603. The first kappa shape index (κ1) is 16.8. The summed E-state index contributed by atoms with van der Waals surface area (Å²) in [4.78, 5) is 0. The van der Waals surface area contributed by atoms with E-state index in [9.17, 15) is 0 Å². The Kier molecular flexibility index (Phi) is 6.50. The second-order valence-electron chi connectivity index (χ2n) is 7.26. The van der Waals surface area contributed by atoms with Crippen LogP contribution in [-0.2, 0) is 4.74 Å². The van der Waals surface area contributed by atoms with Gasteiger partial charge in [0, 0.05) is 0 Å². The minimum absolute atomic E-state index is 0.517. The van der Waals surface area contributed by atoms with Gasteiger partial charge in [0.15, 0.2) is 0 Å². The molecular formula is C19H32OSi. The maximum Gasteiger partial charge on any atom is 0.0831 e. The average Bonchev–Trinajstić information content (AvgIpc) is 2.91. The molecule has 2 unspecified atom stereocenters. The highest BCUT2D eigenvalue weighted by Crippen LogP contribution is 2.29. The van der Waals surface area contributed by atoms with Gasteiger partial charge in [0.1, 0.15) is 0 Å². The monoisotopic (exact) mass is 304 g/mol. The van der Waals surface area contributed by atoms with Crippen LogP contribution in [0.1, 0.15) is 51.9 Å². The third-order valence-corrected chi connectivity index (χ3v) is 8.24. The molecule has 0 bridgehead atoms. The van der Waals surface area contributed by atoms with Gasteiger partial charge in [-0.1, -0.05) is 81.2 Å². The Balaban J connectivity index is 1.77. The van der Waals surface area contributed by atoms with E-state index in [0.29, 0.717) is 12.2 Å². The second kappa shape index (κ2) is 8.14. The number of rotatable bonds is 8. The molecule has 1 aromatic carbocycles. The Morgan fingerprint density at radius 3 is 2.43 bits per heavy atom. The molecule has 1 saturated heterocycles. The molecule has 1 heterocycles. The average molecular weight is 305 g/mol. The predicted octanol–water partition coefficient (Wildman–Crippen LogP) is 5.12. The van der Waals surface area contributed by atoms with Gasteiger partial charge in [-0.15, -0.1) is 0 Å². The fraction of sp³-hybridized carbons (Fsp3) is 0.684. The summed E-state index contributed by atoms with van der Waals surface area (Å²) in [5, 5.41) is 1.57. The zero-order valence-corrected chi connectivity index (χ0v) is 15.1. The van der Waals surface area contributed by atoms with Crippen LogP contribution < -0.4 is 5.19 Å².